The lowest BCUT2D eigenvalue weighted by Crippen LogP contribution is -2.01. The summed E-state index contributed by atoms with van der Waals surface area (Å²) in [6.45, 7) is 5.22. The van der Waals surface area contributed by atoms with E-state index in [0.29, 0.717) is 5.92 Å². The molecule has 90 valence electrons. The minimum Gasteiger partial charge on any atom is -0.494 e. The van der Waals surface area contributed by atoms with Gasteiger partial charge in [0, 0.05) is 4.88 Å². The zero-order chi connectivity index (χ0) is 12.1. The number of thiophene rings is 1. The molecule has 1 heterocycles. The van der Waals surface area contributed by atoms with Crippen molar-refractivity contribution >= 4 is 11.3 Å². The van der Waals surface area contributed by atoms with Crippen molar-refractivity contribution in [1.29, 1.82) is 0 Å². The van der Waals surface area contributed by atoms with E-state index >= 15 is 0 Å². The second kappa shape index (κ2) is 5.87. The Morgan fingerprint density at radius 3 is 2.47 bits per heavy atom. The first-order valence-electron chi connectivity index (χ1n) is 6.02. The summed E-state index contributed by atoms with van der Waals surface area (Å²) < 4.78 is 5.69. The largest absolute Gasteiger partial charge is 0.494 e. The lowest BCUT2D eigenvalue weighted by Gasteiger charge is -2.08. The van der Waals surface area contributed by atoms with Crippen LogP contribution >= 0.6 is 11.3 Å². The van der Waals surface area contributed by atoms with Crippen LogP contribution in [0.4, 0.5) is 0 Å². The molecule has 0 spiro atoms. The minimum absolute atomic E-state index is 0.695. The highest BCUT2D eigenvalue weighted by molar-refractivity contribution is 7.13. The molecule has 0 aliphatic rings. The van der Waals surface area contributed by atoms with Crippen LogP contribution in [0.3, 0.4) is 0 Å². The average Bonchev–Trinajstić information content (AvgIpc) is 2.83. The third-order valence-electron chi connectivity index (χ3n) is 2.62. The Bertz CT molecular complexity index is 428. The molecule has 0 unspecified atom stereocenters. The van der Waals surface area contributed by atoms with Crippen LogP contribution in [0.2, 0.25) is 0 Å². The molecule has 0 aliphatic heterocycles. The first-order valence-corrected chi connectivity index (χ1v) is 6.90. The van der Waals surface area contributed by atoms with Crippen molar-refractivity contribution in [1.82, 2.24) is 0 Å². The molecule has 17 heavy (non-hydrogen) atoms. The zero-order valence-corrected chi connectivity index (χ0v) is 11.2. The van der Waals surface area contributed by atoms with E-state index in [9.17, 15) is 0 Å². The molecule has 0 amide bonds. The van der Waals surface area contributed by atoms with Gasteiger partial charge >= 0.3 is 0 Å². The summed E-state index contributed by atoms with van der Waals surface area (Å²) in [5.41, 5.74) is 1.26. The predicted molar refractivity (Wildman–Crippen MR) is 74.7 cm³/mol. The molecule has 0 aliphatic carbocycles. The summed E-state index contributed by atoms with van der Waals surface area (Å²) in [5.74, 6) is 1.66. The van der Waals surface area contributed by atoms with Crippen molar-refractivity contribution in [3.8, 4) is 16.2 Å². The highest BCUT2D eigenvalue weighted by Gasteiger charge is 2.00. The van der Waals surface area contributed by atoms with Crippen LogP contribution in [0, 0.1) is 5.92 Å². The quantitative estimate of drug-likeness (QED) is 0.733. The molecular weight excluding hydrogens is 228 g/mol. The van der Waals surface area contributed by atoms with E-state index < -0.39 is 0 Å². The van der Waals surface area contributed by atoms with Gasteiger partial charge in [0.1, 0.15) is 5.75 Å². The number of benzene rings is 1. The fourth-order valence-corrected chi connectivity index (χ4v) is 2.30. The first-order chi connectivity index (χ1) is 8.25. The standard InChI is InChI=1S/C15H18OS/c1-12(2)9-10-16-14-7-5-13(6-8-14)15-4-3-11-17-15/h3-8,11-12H,9-10H2,1-2H3. The molecule has 0 saturated heterocycles. The van der Waals surface area contributed by atoms with E-state index in [0.717, 1.165) is 18.8 Å². The highest BCUT2D eigenvalue weighted by Crippen LogP contribution is 2.26. The van der Waals surface area contributed by atoms with Gasteiger partial charge in [-0.05, 0) is 53.6 Å². The lowest BCUT2D eigenvalue weighted by atomic mass is 10.1. The van der Waals surface area contributed by atoms with Gasteiger partial charge in [-0.2, -0.15) is 0 Å². The molecule has 0 saturated carbocycles. The Balaban J connectivity index is 1.94. The first kappa shape index (κ1) is 12.2. The van der Waals surface area contributed by atoms with Gasteiger partial charge in [0.2, 0.25) is 0 Å². The number of hydrogen-bond donors (Lipinski definition) is 0. The maximum atomic E-state index is 5.69. The van der Waals surface area contributed by atoms with E-state index in [1.807, 2.05) is 0 Å². The Kier molecular flexibility index (Phi) is 4.21. The van der Waals surface area contributed by atoms with Crippen LogP contribution in [-0.2, 0) is 0 Å². The second-order valence-electron chi connectivity index (χ2n) is 4.53. The Labute approximate surface area is 107 Å². The minimum atomic E-state index is 0.695. The molecule has 2 heteroatoms. The molecule has 0 bridgehead atoms. The maximum absolute atomic E-state index is 5.69. The molecular formula is C15H18OS. The van der Waals surface area contributed by atoms with E-state index in [1.54, 1.807) is 11.3 Å². The van der Waals surface area contributed by atoms with Gasteiger partial charge in [-0.15, -0.1) is 11.3 Å². The van der Waals surface area contributed by atoms with Crippen LogP contribution in [0.5, 0.6) is 5.75 Å². The molecule has 2 aromatic rings. The van der Waals surface area contributed by atoms with E-state index in [1.165, 1.54) is 10.4 Å². The number of ether oxygens (including phenoxy) is 1. The van der Waals surface area contributed by atoms with Crippen LogP contribution in [-0.4, -0.2) is 6.61 Å². The van der Waals surface area contributed by atoms with Crippen LogP contribution in [0.15, 0.2) is 41.8 Å². The zero-order valence-electron chi connectivity index (χ0n) is 10.3. The van der Waals surface area contributed by atoms with E-state index in [-0.39, 0.29) is 0 Å². The molecule has 1 aromatic heterocycles. The maximum Gasteiger partial charge on any atom is 0.119 e. The molecule has 0 N–H and O–H groups in total. The van der Waals surface area contributed by atoms with Crippen molar-refractivity contribution in [2.24, 2.45) is 5.92 Å². The summed E-state index contributed by atoms with van der Waals surface area (Å²) >= 11 is 1.76. The molecule has 0 radical (unpaired) electrons. The van der Waals surface area contributed by atoms with Crippen molar-refractivity contribution in [3.05, 3.63) is 41.8 Å². The number of rotatable bonds is 5. The van der Waals surface area contributed by atoms with Crippen molar-refractivity contribution < 1.29 is 4.74 Å². The van der Waals surface area contributed by atoms with Gasteiger partial charge < -0.3 is 4.74 Å². The Hall–Kier alpha value is -1.28. The van der Waals surface area contributed by atoms with Gasteiger partial charge in [0.05, 0.1) is 6.61 Å². The summed E-state index contributed by atoms with van der Waals surface area (Å²) in [5, 5.41) is 2.10. The molecule has 0 atom stereocenters. The second-order valence-corrected chi connectivity index (χ2v) is 5.48. The van der Waals surface area contributed by atoms with Crippen LogP contribution in [0.25, 0.3) is 10.4 Å². The van der Waals surface area contributed by atoms with Crippen molar-refractivity contribution in [2.45, 2.75) is 20.3 Å². The summed E-state index contributed by atoms with van der Waals surface area (Å²) in [6, 6.07) is 12.6. The van der Waals surface area contributed by atoms with Gasteiger partial charge in [-0.25, -0.2) is 0 Å². The Morgan fingerprint density at radius 2 is 1.88 bits per heavy atom. The fraction of sp³-hybridized carbons (Fsp3) is 0.333. The Morgan fingerprint density at radius 1 is 1.12 bits per heavy atom. The normalized spacial score (nSPS) is 10.8. The smallest absolute Gasteiger partial charge is 0.119 e. The predicted octanol–water partition coefficient (Wildman–Crippen LogP) is 4.84. The molecule has 2 rings (SSSR count). The fourth-order valence-electron chi connectivity index (χ4n) is 1.57. The average molecular weight is 246 g/mol. The number of hydrogen-bond acceptors (Lipinski definition) is 2. The topological polar surface area (TPSA) is 9.23 Å². The van der Waals surface area contributed by atoms with Gasteiger partial charge in [-0.3, -0.25) is 0 Å². The van der Waals surface area contributed by atoms with Crippen LogP contribution < -0.4 is 4.74 Å². The summed E-state index contributed by atoms with van der Waals surface area (Å²) in [6.07, 6.45) is 1.10. The third kappa shape index (κ3) is 3.60. The van der Waals surface area contributed by atoms with E-state index in [4.69, 9.17) is 4.74 Å². The highest BCUT2D eigenvalue weighted by atomic mass is 32.1. The van der Waals surface area contributed by atoms with Gasteiger partial charge in [0.25, 0.3) is 0 Å². The van der Waals surface area contributed by atoms with Crippen molar-refractivity contribution in [3.63, 3.8) is 0 Å². The van der Waals surface area contributed by atoms with Crippen molar-refractivity contribution in [2.75, 3.05) is 6.61 Å². The summed E-state index contributed by atoms with van der Waals surface area (Å²) in [7, 11) is 0. The third-order valence-corrected chi connectivity index (χ3v) is 3.54. The molecule has 1 aromatic carbocycles. The SMILES string of the molecule is CC(C)CCOc1ccc(-c2cccs2)cc1. The van der Waals surface area contributed by atoms with Gasteiger partial charge in [-0.1, -0.05) is 19.9 Å². The van der Waals surface area contributed by atoms with Gasteiger partial charge in [0.15, 0.2) is 0 Å². The monoisotopic (exact) mass is 246 g/mol. The summed E-state index contributed by atoms with van der Waals surface area (Å²) in [4.78, 5) is 1.30. The molecule has 1 nitrogen and oxygen atoms in total. The lowest BCUT2D eigenvalue weighted by molar-refractivity contribution is 0.289. The van der Waals surface area contributed by atoms with Crippen LogP contribution in [0.1, 0.15) is 20.3 Å². The van der Waals surface area contributed by atoms with E-state index in [2.05, 4.69) is 55.6 Å². The molecule has 0 fully saturated rings.